The van der Waals surface area contributed by atoms with Gasteiger partial charge in [-0.3, -0.25) is 4.90 Å². The molecular weight excluding hydrogens is 268 g/mol. The first-order chi connectivity index (χ1) is 6.91. The van der Waals surface area contributed by atoms with Gasteiger partial charge in [0.1, 0.15) is 0 Å². The molecule has 0 aromatic carbocycles. The van der Waals surface area contributed by atoms with E-state index >= 15 is 0 Å². The lowest BCUT2D eigenvalue weighted by Gasteiger charge is -2.27. The molecule has 0 bridgehead atoms. The number of methoxy groups -OCH3 is 1. The third kappa shape index (κ3) is 8.11. The van der Waals surface area contributed by atoms with Gasteiger partial charge in [0.15, 0.2) is 0 Å². The van der Waals surface area contributed by atoms with Crippen molar-refractivity contribution in [2.24, 2.45) is 0 Å². The summed E-state index contributed by atoms with van der Waals surface area (Å²) < 4.78 is 29.7. The van der Waals surface area contributed by atoms with Crippen LogP contribution in [0, 0.1) is 0 Å². The standard InChI is InChI=1S/C10H20BrF2NO/c1-10(2,15-3)4-6-14(7-5-11)8-9(12)13/h9H,4-8H2,1-3H3. The second kappa shape index (κ2) is 7.52. The summed E-state index contributed by atoms with van der Waals surface area (Å²) in [5.74, 6) is 0. The average molecular weight is 288 g/mol. The van der Waals surface area contributed by atoms with Crippen molar-refractivity contribution in [3.8, 4) is 0 Å². The molecule has 0 radical (unpaired) electrons. The summed E-state index contributed by atoms with van der Waals surface area (Å²) in [6.07, 6.45) is -1.52. The van der Waals surface area contributed by atoms with E-state index in [9.17, 15) is 8.78 Å². The van der Waals surface area contributed by atoms with E-state index < -0.39 is 6.43 Å². The molecule has 0 rings (SSSR count). The number of nitrogens with zero attached hydrogens (tertiary/aromatic N) is 1. The Kier molecular flexibility index (Phi) is 7.65. The van der Waals surface area contributed by atoms with E-state index in [1.807, 2.05) is 13.8 Å². The van der Waals surface area contributed by atoms with E-state index in [0.29, 0.717) is 18.4 Å². The highest BCUT2D eigenvalue weighted by atomic mass is 79.9. The molecule has 0 heterocycles. The maximum atomic E-state index is 12.2. The summed E-state index contributed by atoms with van der Waals surface area (Å²) in [7, 11) is 1.64. The molecule has 92 valence electrons. The van der Waals surface area contributed by atoms with E-state index in [-0.39, 0.29) is 12.1 Å². The highest BCUT2D eigenvalue weighted by Crippen LogP contribution is 2.14. The molecule has 0 fully saturated rings. The van der Waals surface area contributed by atoms with Gasteiger partial charge in [-0.25, -0.2) is 8.78 Å². The van der Waals surface area contributed by atoms with Gasteiger partial charge in [-0.15, -0.1) is 0 Å². The van der Waals surface area contributed by atoms with Crippen LogP contribution < -0.4 is 0 Å². The summed E-state index contributed by atoms with van der Waals surface area (Å²) in [5, 5.41) is 0.715. The fourth-order valence-electron chi connectivity index (χ4n) is 1.14. The Morgan fingerprint density at radius 2 is 1.93 bits per heavy atom. The lowest BCUT2D eigenvalue weighted by atomic mass is 10.1. The lowest BCUT2D eigenvalue weighted by molar-refractivity contribution is 0.00241. The monoisotopic (exact) mass is 287 g/mol. The predicted molar refractivity (Wildman–Crippen MR) is 61.9 cm³/mol. The zero-order valence-corrected chi connectivity index (χ0v) is 11.2. The van der Waals surface area contributed by atoms with E-state index in [1.54, 1.807) is 12.0 Å². The van der Waals surface area contributed by atoms with Crippen LogP contribution in [0.5, 0.6) is 0 Å². The van der Waals surface area contributed by atoms with E-state index in [1.165, 1.54) is 0 Å². The van der Waals surface area contributed by atoms with Gasteiger partial charge in [0.2, 0.25) is 0 Å². The zero-order chi connectivity index (χ0) is 11.9. The van der Waals surface area contributed by atoms with Crippen LogP contribution in [0.2, 0.25) is 0 Å². The van der Waals surface area contributed by atoms with E-state index in [0.717, 1.165) is 6.42 Å². The number of ether oxygens (including phenoxy) is 1. The molecule has 0 N–H and O–H groups in total. The number of alkyl halides is 3. The minimum Gasteiger partial charge on any atom is -0.379 e. The molecule has 0 spiro atoms. The van der Waals surface area contributed by atoms with Crippen molar-refractivity contribution < 1.29 is 13.5 Å². The summed E-state index contributed by atoms with van der Waals surface area (Å²) in [6, 6.07) is 0. The molecule has 0 saturated carbocycles. The van der Waals surface area contributed by atoms with Crippen molar-refractivity contribution in [1.82, 2.24) is 4.90 Å². The first-order valence-corrected chi connectivity index (χ1v) is 6.15. The van der Waals surface area contributed by atoms with Crippen molar-refractivity contribution in [1.29, 1.82) is 0 Å². The largest absolute Gasteiger partial charge is 0.379 e. The number of hydrogen-bond donors (Lipinski definition) is 0. The van der Waals surface area contributed by atoms with Crippen LogP contribution >= 0.6 is 15.9 Å². The number of hydrogen-bond acceptors (Lipinski definition) is 2. The molecule has 0 aliphatic carbocycles. The molecule has 0 saturated heterocycles. The van der Waals surface area contributed by atoms with Gasteiger partial charge < -0.3 is 4.74 Å². The summed E-state index contributed by atoms with van der Waals surface area (Å²) >= 11 is 3.26. The third-order valence-corrected chi connectivity index (χ3v) is 2.73. The van der Waals surface area contributed by atoms with Crippen molar-refractivity contribution in [3.05, 3.63) is 0 Å². The Hall–Kier alpha value is 0.260. The van der Waals surface area contributed by atoms with Crippen molar-refractivity contribution >= 4 is 15.9 Å². The van der Waals surface area contributed by atoms with E-state index in [4.69, 9.17) is 4.74 Å². The molecule has 15 heavy (non-hydrogen) atoms. The molecule has 0 aliphatic rings. The minimum absolute atomic E-state index is 0.161. The van der Waals surface area contributed by atoms with Crippen LogP contribution in [-0.4, -0.2) is 49.0 Å². The minimum atomic E-state index is -2.27. The van der Waals surface area contributed by atoms with Crippen LogP contribution in [-0.2, 0) is 4.74 Å². The van der Waals surface area contributed by atoms with Crippen LogP contribution in [0.25, 0.3) is 0 Å². The van der Waals surface area contributed by atoms with E-state index in [2.05, 4.69) is 15.9 Å². The van der Waals surface area contributed by atoms with Crippen molar-refractivity contribution in [2.75, 3.05) is 32.1 Å². The summed E-state index contributed by atoms with van der Waals surface area (Å²) in [4.78, 5) is 1.75. The Morgan fingerprint density at radius 3 is 2.33 bits per heavy atom. The van der Waals surface area contributed by atoms with Crippen LogP contribution in [0.1, 0.15) is 20.3 Å². The maximum absolute atomic E-state index is 12.2. The second-order valence-corrected chi connectivity index (χ2v) is 4.89. The maximum Gasteiger partial charge on any atom is 0.251 e. The smallest absolute Gasteiger partial charge is 0.251 e. The molecule has 5 heteroatoms. The lowest BCUT2D eigenvalue weighted by Crippen LogP contribution is -2.36. The molecule has 0 aromatic rings. The van der Waals surface area contributed by atoms with Crippen LogP contribution in [0.15, 0.2) is 0 Å². The Bertz CT molecular complexity index is 168. The topological polar surface area (TPSA) is 12.5 Å². The van der Waals surface area contributed by atoms with Gasteiger partial charge in [0, 0.05) is 25.5 Å². The fraction of sp³-hybridized carbons (Fsp3) is 1.00. The quantitative estimate of drug-likeness (QED) is 0.637. The number of rotatable bonds is 8. The second-order valence-electron chi connectivity index (χ2n) is 4.09. The van der Waals surface area contributed by atoms with Gasteiger partial charge >= 0.3 is 0 Å². The first kappa shape index (κ1) is 15.3. The Balaban J connectivity index is 3.94. The first-order valence-electron chi connectivity index (χ1n) is 5.03. The average Bonchev–Trinajstić information content (AvgIpc) is 2.14. The van der Waals surface area contributed by atoms with Crippen molar-refractivity contribution in [2.45, 2.75) is 32.3 Å². The van der Waals surface area contributed by atoms with Crippen molar-refractivity contribution in [3.63, 3.8) is 0 Å². The zero-order valence-electron chi connectivity index (χ0n) is 9.60. The SMILES string of the molecule is COC(C)(C)CCN(CCBr)CC(F)F. The molecule has 2 nitrogen and oxygen atoms in total. The molecule has 0 unspecified atom stereocenters. The van der Waals surface area contributed by atoms with Gasteiger partial charge in [-0.05, 0) is 20.3 Å². The molecule has 0 aromatic heterocycles. The van der Waals surface area contributed by atoms with Gasteiger partial charge in [0.25, 0.3) is 6.43 Å². The van der Waals surface area contributed by atoms with Crippen LogP contribution in [0.4, 0.5) is 8.78 Å². The molecule has 0 atom stereocenters. The van der Waals surface area contributed by atoms with Gasteiger partial charge in [-0.2, -0.15) is 0 Å². The normalized spacial score (nSPS) is 12.8. The van der Waals surface area contributed by atoms with Gasteiger partial charge in [-0.1, -0.05) is 15.9 Å². The summed E-state index contributed by atoms with van der Waals surface area (Å²) in [5.41, 5.74) is -0.243. The molecule has 0 aliphatic heterocycles. The van der Waals surface area contributed by atoms with Crippen LogP contribution in [0.3, 0.4) is 0 Å². The number of halogens is 3. The summed E-state index contributed by atoms with van der Waals surface area (Å²) in [6.45, 7) is 5.04. The fourth-order valence-corrected chi connectivity index (χ4v) is 1.64. The third-order valence-electron chi connectivity index (χ3n) is 2.38. The highest BCUT2D eigenvalue weighted by Gasteiger charge is 2.19. The predicted octanol–water partition coefficient (Wildman–Crippen LogP) is 2.76. The Labute approximate surface area is 99.1 Å². The highest BCUT2D eigenvalue weighted by molar-refractivity contribution is 9.09. The molecule has 0 amide bonds. The Morgan fingerprint density at radius 1 is 1.33 bits per heavy atom. The van der Waals surface area contributed by atoms with Gasteiger partial charge in [0.05, 0.1) is 12.1 Å². The molecular formula is C10H20BrF2NO.